The second-order valence-corrected chi connectivity index (χ2v) is 31.8. The van der Waals surface area contributed by atoms with Gasteiger partial charge in [0, 0.05) is 132 Å². The molecule has 1 saturated carbocycles. The third-order valence-corrected chi connectivity index (χ3v) is 23.1. The zero-order valence-corrected chi connectivity index (χ0v) is 69.9. The smallest absolute Gasteiger partial charge is 0.251 e. The standard InChI is InChI=1S/C33H40N6O2.C31H36Cl2N6O2.C30H42N6O2/c34-33(35)36-21-10-17-30-32(41)39(24-29(26-13-6-2-7-14-26)27-15-8-3-9-16-27)22-20-28(38-30)23-37-31(40)19-18-25-11-4-1-5-12-25;32-26-14-13-23(18-27(26)33)29(40)37-19-24-15-17-39(30(41)28(38-24)12-7-16-36-31(34)35)20-25(21-8-3-1-4-9-21)22-10-5-2-6-11-22;31-30(32)33-18-9-16-27-29(38)36(19-17-25(35-27)20-34-28(37)24-14-7-8-15-24)21-26(22-10-3-1-4-11-22)23-12-5-2-6-13-23/h1-9,11-16,18-19,28-30,38H,10,17,20-24H2,(H,37,40)(H4,34,35,36);1-6,8-11,13-14,18,24-25,28,38H,7,12,15-17,19-20H2,(H,37,40)(H4,34,35,36);1-6,10-13,24-27,35H,7-9,14-21H2,(H,34,37)(H4,31,32,33)/b19-18+;;/t28-,30-;24-,28-;25-,27-/m000/s1. The summed E-state index contributed by atoms with van der Waals surface area (Å²) in [6.07, 6.45) is 13.5. The Morgan fingerprint density at radius 2 is 0.725 bits per heavy atom. The normalized spacial score (nSPS) is 18.3. The lowest BCUT2D eigenvalue weighted by molar-refractivity contribution is -0.133. The van der Waals surface area contributed by atoms with Crippen LogP contribution in [-0.4, -0.2) is 183 Å². The number of nitrogens with one attached hydrogen (secondary N) is 6. The Bertz CT molecular complexity index is 4480. The van der Waals surface area contributed by atoms with Gasteiger partial charge in [-0.15, -0.1) is 0 Å². The van der Waals surface area contributed by atoms with Crippen LogP contribution < -0.4 is 66.3 Å². The van der Waals surface area contributed by atoms with E-state index in [1.165, 1.54) is 22.3 Å². The quantitative estimate of drug-likeness (QED) is 0.00772. The van der Waals surface area contributed by atoms with Crippen LogP contribution in [0.15, 0.2) is 252 Å². The highest BCUT2D eigenvalue weighted by Crippen LogP contribution is 2.32. The molecule has 6 amide bonds. The number of nitrogens with zero attached hydrogens (tertiary/aromatic N) is 6. The largest absolute Gasteiger partial charge is 0.370 e. The number of rotatable bonds is 34. The summed E-state index contributed by atoms with van der Waals surface area (Å²) < 4.78 is 0. The molecule has 24 nitrogen and oxygen atoms in total. The number of halogens is 2. The fraction of sp³-hybridized carbons (Fsp3) is 0.372. The van der Waals surface area contributed by atoms with Crippen molar-refractivity contribution in [2.75, 3.05) is 78.5 Å². The van der Waals surface area contributed by atoms with Crippen molar-refractivity contribution in [1.29, 1.82) is 0 Å². The number of amides is 6. The third kappa shape index (κ3) is 29.5. The molecule has 0 unspecified atom stereocenters. The number of aliphatic imine (C=N–C) groups is 3. The van der Waals surface area contributed by atoms with E-state index in [0.29, 0.717) is 139 Å². The summed E-state index contributed by atoms with van der Waals surface area (Å²) in [5.41, 5.74) is 41.3. The van der Waals surface area contributed by atoms with E-state index < -0.39 is 12.1 Å². The predicted molar refractivity (Wildman–Crippen MR) is 482 cm³/mol. The van der Waals surface area contributed by atoms with Crippen LogP contribution in [0.1, 0.15) is 151 Å². The number of carbonyl (C=O) groups is 6. The average molecular weight is 1670 g/mol. The summed E-state index contributed by atoms with van der Waals surface area (Å²) in [5.74, 6) is 0.322. The van der Waals surface area contributed by atoms with Crippen molar-refractivity contribution in [1.82, 2.24) is 46.6 Å². The van der Waals surface area contributed by atoms with Crippen LogP contribution in [0.2, 0.25) is 10.0 Å². The Balaban J connectivity index is 0.000000189. The van der Waals surface area contributed by atoms with Crippen LogP contribution in [-0.2, 0) is 24.0 Å². The number of carbonyl (C=O) groups excluding carboxylic acids is 6. The van der Waals surface area contributed by atoms with Gasteiger partial charge in [-0.1, -0.05) is 248 Å². The molecule has 634 valence electrons. The monoisotopic (exact) mass is 1660 g/mol. The van der Waals surface area contributed by atoms with E-state index in [4.69, 9.17) is 57.6 Å². The highest BCUT2D eigenvalue weighted by molar-refractivity contribution is 6.42. The van der Waals surface area contributed by atoms with E-state index in [9.17, 15) is 28.8 Å². The van der Waals surface area contributed by atoms with Gasteiger partial charge in [0.25, 0.3) is 5.91 Å². The van der Waals surface area contributed by atoms with E-state index in [1.807, 2.05) is 154 Å². The molecule has 18 N–H and O–H groups in total. The van der Waals surface area contributed by atoms with Gasteiger partial charge < -0.3 is 81.0 Å². The summed E-state index contributed by atoms with van der Waals surface area (Å²) in [4.78, 5) is 97.9. The molecule has 3 aliphatic heterocycles. The first-order chi connectivity index (χ1) is 58.3. The van der Waals surface area contributed by atoms with Crippen LogP contribution in [0.5, 0.6) is 0 Å². The molecule has 3 saturated heterocycles. The zero-order valence-electron chi connectivity index (χ0n) is 68.4. The zero-order chi connectivity index (χ0) is 84.8. The third-order valence-electron chi connectivity index (χ3n) is 22.3. The molecule has 8 aromatic carbocycles. The topological polar surface area (TPSA) is 378 Å². The van der Waals surface area contributed by atoms with E-state index in [2.05, 4.69) is 120 Å². The summed E-state index contributed by atoms with van der Waals surface area (Å²) in [5, 5.41) is 20.4. The minimum atomic E-state index is -0.439. The number of nitrogens with two attached hydrogens (primary N) is 6. The first-order valence-electron chi connectivity index (χ1n) is 41.9. The summed E-state index contributed by atoms with van der Waals surface area (Å²) in [6.45, 7) is 6.16. The van der Waals surface area contributed by atoms with Crippen molar-refractivity contribution >= 4 is 82.6 Å². The highest BCUT2D eigenvalue weighted by atomic mass is 35.5. The van der Waals surface area contributed by atoms with Gasteiger partial charge in [-0.25, -0.2) is 0 Å². The first-order valence-corrected chi connectivity index (χ1v) is 42.7. The van der Waals surface area contributed by atoms with Gasteiger partial charge in [0.1, 0.15) is 0 Å². The maximum atomic E-state index is 13.9. The molecule has 8 aromatic rings. The molecule has 4 aliphatic rings. The molecule has 0 bridgehead atoms. The lowest BCUT2D eigenvalue weighted by Gasteiger charge is -2.29. The van der Waals surface area contributed by atoms with Gasteiger partial charge in [-0.3, -0.25) is 43.7 Å². The highest BCUT2D eigenvalue weighted by Gasteiger charge is 2.37. The van der Waals surface area contributed by atoms with E-state index in [-0.39, 0.29) is 101 Å². The molecule has 120 heavy (non-hydrogen) atoms. The minimum Gasteiger partial charge on any atom is -0.370 e. The molecule has 4 fully saturated rings. The van der Waals surface area contributed by atoms with E-state index in [0.717, 1.165) is 55.2 Å². The molecule has 12 rings (SSSR count). The Kier molecular flexibility index (Phi) is 36.8. The summed E-state index contributed by atoms with van der Waals surface area (Å²) in [7, 11) is 0. The van der Waals surface area contributed by atoms with Crippen LogP contribution in [0, 0.1) is 5.92 Å². The predicted octanol–water partition coefficient (Wildman–Crippen LogP) is 10.2. The van der Waals surface area contributed by atoms with Gasteiger partial charge in [0.2, 0.25) is 29.5 Å². The summed E-state index contributed by atoms with van der Waals surface area (Å²) >= 11 is 12.1. The molecule has 1 aliphatic carbocycles. The van der Waals surface area contributed by atoms with Crippen LogP contribution in [0.3, 0.4) is 0 Å². The fourth-order valence-corrected chi connectivity index (χ4v) is 16.2. The second kappa shape index (κ2) is 48.6. The molecule has 6 atom stereocenters. The average Bonchev–Trinajstić information content (AvgIpc) is 1.01. The number of hydrogen-bond donors (Lipinski definition) is 12. The minimum absolute atomic E-state index is 0.0225. The SMILES string of the molecule is NC(N)=NCCC[C@@H]1N[C@H](CNC(=O)/C=C/c2ccccc2)CCN(CC(c2ccccc2)c2ccccc2)C1=O.NC(N)=NCCC[C@@H]1N[C@H](CNC(=O)C2CCCC2)CCN(CC(c2ccccc2)c2ccccc2)C1=O.NC(N)=NCCC[C@@H]1N[C@H](CNC(=O)c2ccc(Cl)c(Cl)c2)CCN(CC(c2ccccc2)c2ccccc2)C1=O. The fourth-order valence-electron chi connectivity index (χ4n) is 15.9. The van der Waals surface area contributed by atoms with Gasteiger partial charge in [-0.05, 0) is 134 Å². The Morgan fingerprint density at radius 3 is 1.05 bits per heavy atom. The van der Waals surface area contributed by atoms with Crippen molar-refractivity contribution in [3.8, 4) is 0 Å². The summed E-state index contributed by atoms with van der Waals surface area (Å²) in [6, 6.07) is 75.0. The molecule has 26 heteroatoms. The van der Waals surface area contributed by atoms with E-state index in [1.54, 1.807) is 30.4 Å². The second-order valence-electron chi connectivity index (χ2n) is 31.0. The van der Waals surface area contributed by atoms with Crippen molar-refractivity contribution in [3.63, 3.8) is 0 Å². The maximum Gasteiger partial charge on any atom is 0.251 e. The number of guanidine groups is 3. The molecule has 0 radical (unpaired) electrons. The maximum absolute atomic E-state index is 13.9. The number of hydrogen-bond acceptors (Lipinski definition) is 12. The van der Waals surface area contributed by atoms with Crippen molar-refractivity contribution in [2.45, 2.75) is 137 Å². The van der Waals surface area contributed by atoms with Gasteiger partial charge >= 0.3 is 0 Å². The van der Waals surface area contributed by atoms with Crippen LogP contribution in [0.25, 0.3) is 6.08 Å². The van der Waals surface area contributed by atoms with Gasteiger partial charge in [-0.2, -0.15) is 0 Å². The Labute approximate surface area is 716 Å². The van der Waals surface area contributed by atoms with Crippen LogP contribution >= 0.6 is 23.2 Å². The van der Waals surface area contributed by atoms with Crippen LogP contribution in [0.4, 0.5) is 0 Å². The molecular formula is C94H118Cl2N18O6. The van der Waals surface area contributed by atoms with E-state index >= 15 is 0 Å². The molecule has 0 spiro atoms. The van der Waals surface area contributed by atoms with Gasteiger partial charge in [0.15, 0.2) is 17.9 Å². The Hall–Kier alpha value is -11.4. The number of benzene rings is 8. The van der Waals surface area contributed by atoms with Crippen molar-refractivity contribution in [2.24, 2.45) is 55.3 Å². The Morgan fingerprint density at radius 1 is 0.408 bits per heavy atom. The molecular weight excluding hydrogens is 1550 g/mol. The lowest BCUT2D eigenvalue weighted by atomic mass is 9.90. The van der Waals surface area contributed by atoms with Crippen molar-refractivity contribution < 1.29 is 28.8 Å². The first kappa shape index (κ1) is 90.9. The van der Waals surface area contributed by atoms with Crippen molar-refractivity contribution in [3.05, 3.63) is 291 Å². The molecule has 0 aromatic heterocycles. The molecule has 3 heterocycles. The lowest BCUT2D eigenvalue weighted by Crippen LogP contribution is -2.49. The van der Waals surface area contributed by atoms with Gasteiger partial charge in [0.05, 0.1) is 28.2 Å².